The van der Waals surface area contributed by atoms with Gasteiger partial charge in [0.25, 0.3) is 0 Å². The van der Waals surface area contributed by atoms with E-state index >= 15 is 0 Å². The number of Topliss-reactive ketones (excluding diaryl/α,β-unsaturated/α-hetero) is 1. The molecule has 0 radical (unpaired) electrons. The number of hydrogen-bond donors (Lipinski definition) is 0. The molecule has 2 bridgehead atoms. The Kier molecular flexibility index (Phi) is 6.12. The van der Waals surface area contributed by atoms with Crippen LogP contribution in [0.3, 0.4) is 0 Å². The molecule has 2 unspecified atom stereocenters. The highest BCUT2D eigenvalue weighted by atomic mass is 16.6. The van der Waals surface area contributed by atoms with E-state index in [9.17, 15) is 9.59 Å². The number of ketones is 1. The number of carbonyl (C=O) groups excluding carboxylic acids is 2. The van der Waals surface area contributed by atoms with Crippen LogP contribution in [-0.4, -0.2) is 35.5 Å². The Morgan fingerprint density at radius 3 is 2.14 bits per heavy atom. The van der Waals surface area contributed by atoms with E-state index in [0.717, 1.165) is 44.1 Å². The molecule has 2 aliphatic heterocycles. The van der Waals surface area contributed by atoms with Crippen LogP contribution in [-0.2, 0) is 11.2 Å². The second-order valence-corrected chi connectivity index (χ2v) is 10.5. The number of hydrogen-bond acceptors (Lipinski definition) is 3. The van der Waals surface area contributed by atoms with Crippen molar-refractivity contribution in [3.8, 4) is 11.1 Å². The molecule has 0 saturated carbocycles. The van der Waals surface area contributed by atoms with Gasteiger partial charge in [-0.1, -0.05) is 73.7 Å². The van der Waals surface area contributed by atoms with E-state index in [1.807, 2.05) is 23.1 Å². The zero-order chi connectivity index (χ0) is 24.6. The van der Waals surface area contributed by atoms with Gasteiger partial charge in [0.2, 0.25) is 0 Å². The summed E-state index contributed by atoms with van der Waals surface area (Å²) >= 11 is 0. The smallest absolute Gasteiger partial charge is 0.410 e. The third-order valence-corrected chi connectivity index (χ3v) is 8.51. The number of carbonyl (C=O) groups is 2. The average molecular weight is 480 g/mol. The molecule has 2 saturated heterocycles. The summed E-state index contributed by atoms with van der Waals surface area (Å²) in [5.74, 6) is 0.269. The molecular weight excluding hydrogens is 446 g/mol. The van der Waals surface area contributed by atoms with Crippen LogP contribution < -0.4 is 0 Å². The van der Waals surface area contributed by atoms with Crippen molar-refractivity contribution in [2.75, 3.05) is 6.61 Å². The van der Waals surface area contributed by atoms with E-state index in [2.05, 4.69) is 61.5 Å². The van der Waals surface area contributed by atoms with Gasteiger partial charge in [0.05, 0.1) is 0 Å². The van der Waals surface area contributed by atoms with E-state index in [-0.39, 0.29) is 35.8 Å². The number of rotatable bonds is 5. The van der Waals surface area contributed by atoms with Crippen LogP contribution in [0.4, 0.5) is 4.79 Å². The number of amides is 1. The minimum Gasteiger partial charge on any atom is -0.448 e. The SMILES string of the molecule is CCc1cccc(C(=O)C2CC3CCCC(C2)N3C(=O)OCC2c3ccccc3-c3ccccc32)c1. The van der Waals surface area contributed by atoms with Crippen molar-refractivity contribution < 1.29 is 14.3 Å². The highest BCUT2D eigenvalue weighted by molar-refractivity contribution is 5.98. The van der Waals surface area contributed by atoms with Gasteiger partial charge in [-0.15, -0.1) is 0 Å². The molecule has 2 fully saturated rings. The lowest BCUT2D eigenvalue weighted by Gasteiger charge is -2.47. The van der Waals surface area contributed by atoms with Crippen LogP contribution in [0.1, 0.15) is 72.0 Å². The molecule has 0 aromatic heterocycles. The number of nitrogens with zero attached hydrogens (tertiary/aromatic N) is 1. The van der Waals surface area contributed by atoms with Crippen LogP contribution >= 0.6 is 0 Å². The fraction of sp³-hybridized carbons (Fsp3) is 0.375. The molecule has 36 heavy (non-hydrogen) atoms. The summed E-state index contributed by atoms with van der Waals surface area (Å²) in [7, 11) is 0. The van der Waals surface area contributed by atoms with Crippen molar-refractivity contribution in [1.29, 1.82) is 0 Å². The monoisotopic (exact) mass is 479 g/mol. The molecule has 0 N–H and O–H groups in total. The van der Waals surface area contributed by atoms with Gasteiger partial charge in [-0.25, -0.2) is 4.79 Å². The van der Waals surface area contributed by atoms with Gasteiger partial charge in [0.1, 0.15) is 6.61 Å². The van der Waals surface area contributed by atoms with Crippen LogP contribution in [0.2, 0.25) is 0 Å². The van der Waals surface area contributed by atoms with Crippen molar-refractivity contribution in [2.24, 2.45) is 5.92 Å². The maximum absolute atomic E-state index is 13.4. The number of piperidine rings is 2. The van der Waals surface area contributed by atoms with Gasteiger partial charge in [-0.05, 0) is 72.4 Å². The molecule has 2 atom stereocenters. The van der Waals surface area contributed by atoms with Gasteiger partial charge >= 0.3 is 6.09 Å². The molecule has 2 heterocycles. The van der Waals surface area contributed by atoms with Crippen LogP contribution in [0.5, 0.6) is 0 Å². The fourth-order valence-electron chi connectivity index (χ4n) is 6.74. The first-order valence-corrected chi connectivity index (χ1v) is 13.4. The van der Waals surface area contributed by atoms with Crippen molar-refractivity contribution in [1.82, 2.24) is 4.90 Å². The van der Waals surface area contributed by atoms with Crippen LogP contribution in [0.15, 0.2) is 72.8 Å². The minimum absolute atomic E-state index is 0.0231. The summed E-state index contributed by atoms with van der Waals surface area (Å²) in [6.07, 6.45) is 5.16. The fourth-order valence-corrected chi connectivity index (χ4v) is 6.74. The maximum Gasteiger partial charge on any atom is 0.410 e. The van der Waals surface area contributed by atoms with E-state index in [1.54, 1.807) is 0 Å². The van der Waals surface area contributed by atoms with E-state index in [1.165, 1.54) is 27.8 Å². The quantitative estimate of drug-likeness (QED) is 0.370. The topological polar surface area (TPSA) is 46.6 Å². The van der Waals surface area contributed by atoms with E-state index in [0.29, 0.717) is 6.61 Å². The Bertz CT molecular complexity index is 1240. The third kappa shape index (κ3) is 4.03. The van der Waals surface area contributed by atoms with Crippen LogP contribution in [0, 0.1) is 5.92 Å². The number of benzene rings is 3. The molecule has 4 heteroatoms. The second-order valence-electron chi connectivity index (χ2n) is 10.5. The molecule has 184 valence electrons. The minimum atomic E-state index is -0.217. The molecule has 4 nitrogen and oxygen atoms in total. The maximum atomic E-state index is 13.4. The van der Waals surface area contributed by atoms with Crippen LogP contribution in [0.25, 0.3) is 11.1 Å². The summed E-state index contributed by atoms with van der Waals surface area (Å²) in [4.78, 5) is 28.8. The van der Waals surface area contributed by atoms with Gasteiger partial charge in [0.15, 0.2) is 5.78 Å². The third-order valence-electron chi connectivity index (χ3n) is 8.51. The molecule has 1 aliphatic carbocycles. The largest absolute Gasteiger partial charge is 0.448 e. The zero-order valence-electron chi connectivity index (χ0n) is 20.9. The molecule has 3 aliphatic rings. The highest BCUT2D eigenvalue weighted by Gasteiger charge is 2.44. The van der Waals surface area contributed by atoms with Gasteiger partial charge in [0, 0.05) is 29.5 Å². The first-order valence-electron chi connectivity index (χ1n) is 13.4. The van der Waals surface area contributed by atoms with Gasteiger partial charge < -0.3 is 9.64 Å². The predicted octanol–water partition coefficient (Wildman–Crippen LogP) is 7.01. The first kappa shape index (κ1) is 23.0. The van der Waals surface area contributed by atoms with Gasteiger partial charge in [-0.3, -0.25) is 4.79 Å². The first-order chi connectivity index (χ1) is 17.6. The van der Waals surface area contributed by atoms with Crippen molar-refractivity contribution in [3.63, 3.8) is 0 Å². The standard InChI is InChI=1S/C32H33NO3/c1-2-21-9-7-10-22(17-21)31(34)23-18-24-11-8-12-25(19-23)33(24)32(35)36-20-30-28-15-5-3-13-26(28)27-14-4-6-16-29(27)30/h3-7,9-10,13-17,23-25,30H,2,8,11-12,18-20H2,1H3. The molecule has 6 rings (SSSR count). The lowest BCUT2D eigenvalue weighted by Crippen LogP contribution is -2.55. The Labute approximate surface area is 213 Å². The van der Waals surface area contributed by atoms with E-state index < -0.39 is 0 Å². The Hall–Kier alpha value is -3.40. The summed E-state index contributed by atoms with van der Waals surface area (Å²) in [5, 5.41) is 0. The number of ether oxygens (including phenoxy) is 1. The van der Waals surface area contributed by atoms with E-state index in [4.69, 9.17) is 4.74 Å². The average Bonchev–Trinajstić information content (AvgIpc) is 3.24. The molecule has 3 aromatic carbocycles. The Morgan fingerprint density at radius 2 is 1.50 bits per heavy atom. The summed E-state index contributed by atoms with van der Waals surface area (Å²) in [6.45, 7) is 2.45. The van der Waals surface area contributed by atoms with Crippen molar-refractivity contribution in [2.45, 2.75) is 63.5 Å². The molecular formula is C32H33NO3. The second kappa shape index (κ2) is 9.57. The van der Waals surface area contributed by atoms with Crippen molar-refractivity contribution in [3.05, 3.63) is 95.1 Å². The summed E-state index contributed by atoms with van der Waals surface area (Å²) < 4.78 is 6.03. The lowest BCUT2D eigenvalue weighted by atomic mass is 9.75. The Morgan fingerprint density at radius 1 is 0.861 bits per heavy atom. The molecule has 1 amide bonds. The highest BCUT2D eigenvalue weighted by Crippen LogP contribution is 2.45. The summed E-state index contributed by atoms with van der Waals surface area (Å²) in [5.41, 5.74) is 6.93. The van der Waals surface area contributed by atoms with Crippen molar-refractivity contribution >= 4 is 11.9 Å². The predicted molar refractivity (Wildman–Crippen MR) is 141 cm³/mol. The Balaban J connectivity index is 1.16. The molecule has 3 aromatic rings. The lowest BCUT2D eigenvalue weighted by molar-refractivity contribution is 0.00651. The number of aryl methyl sites for hydroxylation is 1. The van der Waals surface area contributed by atoms with Gasteiger partial charge in [-0.2, -0.15) is 0 Å². The molecule has 0 spiro atoms. The zero-order valence-corrected chi connectivity index (χ0v) is 20.9. The number of fused-ring (bicyclic) bond motifs is 5. The normalized spacial score (nSPS) is 22.6. The summed E-state index contributed by atoms with van der Waals surface area (Å²) in [6, 6.07) is 25.0.